The molecule has 0 aliphatic rings. The fourth-order valence-corrected chi connectivity index (χ4v) is 1.29. The van der Waals surface area contributed by atoms with Crippen molar-refractivity contribution in [2.24, 2.45) is 0 Å². The summed E-state index contributed by atoms with van der Waals surface area (Å²) in [5, 5.41) is 0. The highest BCUT2D eigenvalue weighted by Crippen LogP contribution is 2.18. The largest absolute Gasteiger partial charge is 0.435 e. The molecule has 1 atom stereocenters. The van der Waals surface area contributed by atoms with E-state index in [9.17, 15) is 4.79 Å². The van der Waals surface area contributed by atoms with Gasteiger partial charge in [0.05, 0.1) is 12.7 Å². The van der Waals surface area contributed by atoms with E-state index in [1.165, 1.54) is 6.26 Å². The van der Waals surface area contributed by atoms with Gasteiger partial charge in [0.1, 0.15) is 0 Å². The zero-order valence-corrected chi connectivity index (χ0v) is 8.27. The normalized spacial score (nSPS) is 11.8. The third kappa shape index (κ3) is 3.05. The summed E-state index contributed by atoms with van der Waals surface area (Å²) in [6, 6.07) is 9.89. The maximum Gasteiger partial charge on any atom is 0.311 e. The number of rotatable bonds is 4. The van der Waals surface area contributed by atoms with Gasteiger partial charge in [-0.3, -0.25) is 4.79 Å². The minimum absolute atomic E-state index is 0.184. The van der Waals surface area contributed by atoms with Crippen LogP contribution in [0, 0.1) is 0 Å². The first-order valence-corrected chi connectivity index (χ1v) is 4.59. The van der Waals surface area contributed by atoms with Crippen LogP contribution in [-0.4, -0.2) is 5.97 Å². The van der Waals surface area contributed by atoms with Crippen LogP contribution in [-0.2, 0) is 9.53 Å². The fourth-order valence-electron chi connectivity index (χ4n) is 1.29. The van der Waals surface area contributed by atoms with Crippen molar-refractivity contribution in [3.05, 3.63) is 48.7 Å². The highest BCUT2D eigenvalue weighted by atomic mass is 16.5. The van der Waals surface area contributed by atoms with E-state index in [2.05, 4.69) is 11.3 Å². The zero-order chi connectivity index (χ0) is 10.4. The van der Waals surface area contributed by atoms with Crippen LogP contribution in [0.2, 0.25) is 0 Å². The molecule has 14 heavy (non-hydrogen) atoms. The minimum atomic E-state index is -0.239. The molecule has 0 saturated heterocycles. The van der Waals surface area contributed by atoms with E-state index in [1.54, 1.807) is 0 Å². The molecule has 2 heteroatoms. The SMILES string of the molecule is C=COC(=O)C[C@H](C)c1ccccc1. The summed E-state index contributed by atoms with van der Waals surface area (Å²) < 4.78 is 4.66. The van der Waals surface area contributed by atoms with Crippen molar-refractivity contribution >= 4 is 5.97 Å². The van der Waals surface area contributed by atoms with Gasteiger partial charge in [0.2, 0.25) is 0 Å². The van der Waals surface area contributed by atoms with Crippen molar-refractivity contribution in [3.8, 4) is 0 Å². The van der Waals surface area contributed by atoms with Gasteiger partial charge in [-0.05, 0) is 11.5 Å². The van der Waals surface area contributed by atoms with E-state index < -0.39 is 0 Å². The van der Waals surface area contributed by atoms with Crippen molar-refractivity contribution < 1.29 is 9.53 Å². The van der Waals surface area contributed by atoms with Gasteiger partial charge in [0.25, 0.3) is 0 Å². The molecule has 0 saturated carbocycles. The summed E-state index contributed by atoms with van der Waals surface area (Å²) in [5.41, 5.74) is 1.15. The van der Waals surface area contributed by atoms with Crippen LogP contribution in [0.3, 0.4) is 0 Å². The first-order chi connectivity index (χ1) is 6.74. The Bertz CT molecular complexity index is 303. The molecule has 1 rings (SSSR count). The Hall–Kier alpha value is -1.57. The summed E-state index contributed by atoms with van der Waals surface area (Å²) in [4.78, 5) is 11.1. The van der Waals surface area contributed by atoms with E-state index in [1.807, 2.05) is 37.3 Å². The summed E-state index contributed by atoms with van der Waals surface area (Å²) in [6.07, 6.45) is 1.55. The third-order valence-corrected chi connectivity index (χ3v) is 2.06. The molecule has 0 N–H and O–H groups in total. The lowest BCUT2D eigenvalue weighted by Gasteiger charge is -2.09. The molecule has 0 aliphatic carbocycles. The fraction of sp³-hybridized carbons (Fsp3) is 0.250. The lowest BCUT2D eigenvalue weighted by molar-refractivity contribution is -0.138. The van der Waals surface area contributed by atoms with E-state index >= 15 is 0 Å². The number of carbonyl (C=O) groups is 1. The zero-order valence-electron chi connectivity index (χ0n) is 8.27. The van der Waals surface area contributed by atoms with Gasteiger partial charge in [0.15, 0.2) is 0 Å². The molecule has 1 aromatic carbocycles. The Labute approximate surface area is 84.2 Å². The standard InChI is InChI=1S/C12H14O2/c1-3-14-12(13)9-10(2)11-7-5-4-6-8-11/h3-8,10H,1,9H2,2H3/t10-/m0/s1. The van der Waals surface area contributed by atoms with Crippen molar-refractivity contribution in [2.75, 3.05) is 0 Å². The second-order valence-electron chi connectivity index (χ2n) is 3.17. The van der Waals surface area contributed by atoms with Gasteiger partial charge in [0, 0.05) is 0 Å². The predicted octanol–water partition coefficient (Wildman–Crippen LogP) is 2.87. The average molecular weight is 190 g/mol. The van der Waals surface area contributed by atoms with Crippen LogP contribution in [0.25, 0.3) is 0 Å². The Morgan fingerprint density at radius 1 is 1.50 bits per heavy atom. The van der Waals surface area contributed by atoms with Crippen LogP contribution in [0.5, 0.6) is 0 Å². The molecule has 0 aromatic heterocycles. The Balaban J connectivity index is 2.54. The number of ether oxygens (including phenoxy) is 1. The second kappa shape index (κ2) is 5.22. The highest BCUT2D eigenvalue weighted by molar-refractivity contribution is 5.71. The van der Waals surface area contributed by atoms with Crippen LogP contribution in [0.15, 0.2) is 43.2 Å². The Morgan fingerprint density at radius 3 is 2.71 bits per heavy atom. The van der Waals surface area contributed by atoms with E-state index in [-0.39, 0.29) is 11.9 Å². The lowest BCUT2D eigenvalue weighted by atomic mass is 9.98. The van der Waals surface area contributed by atoms with Crippen molar-refractivity contribution in [3.63, 3.8) is 0 Å². The van der Waals surface area contributed by atoms with Crippen molar-refractivity contribution in [2.45, 2.75) is 19.3 Å². The highest BCUT2D eigenvalue weighted by Gasteiger charge is 2.10. The van der Waals surface area contributed by atoms with Crippen molar-refractivity contribution in [1.29, 1.82) is 0 Å². The Kier molecular flexibility index (Phi) is 3.92. The average Bonchev–Trinajstić information content (AvgIpc) is 2.19. The summed E-state index contributed by atoms with van der Waals surface area (Å²) in [5.74, 6) is -0.0556. The van der Waals surface area contributed by atoms with Crippen LogP contribution in [0.1, 0.15) is 24.8 Å². The molecule has 0 fully saturated rings. The number of hydrogen-bond donors (Lipinski definition) is 0. The summed E-state index contributed by atoms with van der Waals surface area (Å²) in [7, 11) is 0. The number of hydrogen-bond acceptors (Lipinski definition) is 2. The molecule has 2 nitrogen and oxygen atoms in total. The van der Waals surface area contributed by atoms with Gasteiger partial charge < -0.3 is 4.74 Å². The second-order valence-corrected chi connectivity index (χ2v) is 3.17. The molecule has 0 bridgehead atoms. The molecule has 0 heterocycles. The van der Waals surface area contributed by atoms with Gasteiger partial charge in [-0.25, -0.2) is 0 Å². The maximum atomic E-state index is 11.1. The van der Waals surface area contributed by atoms with Crippen molar-refractivity contribution in [1.82, 2.24) is 0 Å². The maximum absolute atomic E-state index is 11.1. The monoisotopic (exact) mass is 190 g/mol. The number of benzene rings is 1. The van der Waals surface area contributed by atoms with Gasteiger partial charge in [-0.2, -0.15) is 0 Å². The summed E-state index contributed by atoms with van der Waals surface area (Å²) >= 11 is 0. The minimum Gasteiger partial charge on any atom is -0.435 e. The summed E-state index contributed by atoms with van der Waals surface area (Å²) in [6.45, 7) is 5.34. The topological polar surface area (TPSA) is 26.3 Å². The molecule has 0 amide bonds. The van der Waals surface area contributed by atoms with E-state index in [4.69, 9.17) is 0 Å². The first kappa shape index (κ1) is 10.5. The van der Waals surface area contributed by atoms with E-state index in [0.717, 1.165) is 5.56 Å². The molecule has 0 unspecified atom stereocenters. The first-order valence-electron chi connectivity index (χ1n) is 4.59. The number of esters is 1. The lowest BCUT2D eigenvalue weighted by Crippen LogP contribution is -2.05. The molecular weight excluding hydrogens is 176 g/mol. The molecule has 0 radical (unpaired) electrons. The molecule has 0 spiro atoms. The molecule has 0 aliphatic heterocycles. The molecule has 1 aromatic rings. The Morgan fingerprint density at radius 2 is 2.14 bits per heavy atom. The smallest absolute Gasteiger partial charge is 0.311 e. The molecular formula is C12H14O2. The predicted molar refractivity (Wildman–Crippen MR) is 55.8 cm³/mol. The quantitative estimate of drug-likeness (QED) is 0.539. The molecule has 74 valence electrons. The van der Waals surface area contributed by atoms with Crippen LogP contribution < -0.4 is 0 Å². The van der Waals surface area contributed by atoms with Gasteiger partial charge in [-0.1, -0.05) is 43.8 Å². The van der Waals surface area contributed by atoms with Gasteiger partial charge >= 0.3 is 5.97 Å². The van der Waals surface area contributed by atoms with Crippen LogP contribution >= 0.6 is 0 Å². The third-order valence-electron chi connectivity index (χ3n) is 2.06. The van der Waals surface area contributed by atoms with E-state index in [0.29, 0.717) is 6.42 Å². The van der Waals surface area contributed by atoms with Gasteiger partial charge in [-0.15, -0.1) is 0 Å². The van der Waals surface area contributed by atoms with Crippen LogP contribution in [0.4, 0.5) is 0 Å². The number of carbonyl (C=O) groups excluding carboxylic acids is 1.